The molecule has 0 unspecified atom stereocenters. The van der Waals surface area contributed by atoms with E-state index in [1.165, 1.54) is 6.08 Å². The number of carbonyl (C=O) groups excluding carboxylic acids is 1. The van der Waals surface area contributed by atoms with Gasteiger partial charge in [-0.1, -0.05) is 23.7 Å². The van der Waals surface area contributed by atoms with Crippen LogP contribution in [0.2, 0.25) is 5.02 Å². The van der Waals surface area contributed by atoms with Crippen molar-refractivity contribution in [3.8, 4) is 11.3 Å². The number of halogens is 1. The standard InChI is InChI=1S/C18H15ClN2O2/c1-12-10-16(21(2)20-12)17(22)8-6-15-7-9-18(23-15)13-4-3-5-14(19)11-13/h3-11H,1-2H3/b8-6+. The highest BCUT2D eigenvalue weighted by molar-refractivity contribution is 6.30. The number of benzene rings is 1. The van der Waals surface area contributed by atoms with E-state index in [-0.39, 0.29) is 5.78 Å². The van der Waals surface area contributed by atoms with Gasteiger partial charge in [-0.3, -0.25) is 9.48 Å². The molecule has 0 spiro atoms. The zero-order chi connectivity index (χ0) is 16.4. The predicted molar refractivity (Wildman–Crippen MR) is 90.5 cm³/mol. The summed E-state index contributed by atoms with van der Waals surface area (Å²) < 4.78 is 7.30. The van der Waals surface area contributed by atoms with Crippen LogP contribution in [0.5, 0.6) is 0 Å². The van der Waals surface area contributed by atoms with Crippen molar-refractivity contribution in [3.63, 3.8) is 0 Å². The van der Waals surface area contributed by atoms with Crippen molar-refractivity contribution >= 4 is 23.5 Å². The van der Waals surface area contributed by atoms with Crippen LogP contribution in [0.4, 0.5) is 0 Å². The number of rotatable bonds is 4. The van der Waals surface area contributed by atoms with Gasteiger partial charge in [0.1, 0.15) is 17.2 Å². The number of aromatic nitrogens is 2. The predicted octanol–water partition coefficient (Wildman–Crippen LogP) is 4.54. The molecule has 116 valence electrons. The number of nitrogens with zero attached hydrogens (tertiary/aromatic N) is 2. The Hall–Kier alpha value is -2.59. The molecule has 0 fully saturated rings. The molecule has 0 radical (unpaired) electrons. The molecule has 0 atom stereocenters. The Morgan fingerprint density at radius 2 is 2.09 bits per heavy atom. The van der Waals surface area contributed by atoms with E-state index < -0.39 is 0 Å². The van der Waals surface area contributed by atoms with Crippen LogP contribution < -0.4 is 0 Å². The molecule has 4 nitrogen and oxygen atoms in total. The van der Waals surface area contributed by atoms with E-state index in [2.05, 4.69) is 5.10 Å². The molecular weight excluding hydrogens is 312 g/mol. The summed E-state index contributed by atoms with van der Waals surface area (Å²) >= 11 is 5.98. The van der Waals surface area contributed by atoms with Crippen LogP contribution in [0.3, 0.4) is 0 Å². The molecule has 3 rings (SSSR count). The molecule has 0 aliphatic heterocycles. The smallest absolute Gasteiger partial charge is 0.203 e. The van der Waals surface area contributed by atoms with Crippen molar-refractivity contribution in [2.24, 2.45) is 7.05 Å². The minimum Gasteiger partial charge on any atom is -0.457 e. The fourth-order valence-electron chi connectivity index (χ4n) is 2.32. The fourth-order valence-corrected chi connectivity index (χ4v) is 2.51. The molecule has 0 bridgehead atoms. The van der Waals surface area contributed by atoms with Gasteiger partial charge in [-0.25, -0.2) is 0 Å². The second kappa shape index (κ2) is 6.26. The third-order valence-electron chi connectivity index (χ3n) is 3.39. The lowest BCUT2D eigenvalue weighted by molar-refractivity contribution is 0.103. The average Bonchev–Trinajstić information content (AvgIpc) is 3.11. The van der Waals surface area contributed by atoms with E-state index in [0.717, 1.165) is 11.3 Å². The summed E-state index contributed by atoms with van der Waals surface area (Å²) in [6.07, 6.45) is 3.13. The highest BCUT2D eigenvalue weighted by Gasteiger charge is 2.09. The number of ketones is 1. The number of aryl methyl sites for hydroxylation is 2. The van der Waals surface area contributed by atoms with Crippen LogP contribution in [0.25, 0.3) is 17.4 Å². The van der Waals surface area contributed by atoms with E-state index in [9.17, 15) is 4.79 Å². The lowest BCUT2D eigenvalue weighted by Gasteiger charge is -1.97. The number of furan rings is 1. The van der Waals surface area contributed by atoms with Crippen LogP contribution in [0, 0.1) is 6.92 Å². The van der Waals surface area contributed by atoms with Gasteiger partial charge in [0.15, 0.2) is 0 Å². The van der Waals surface area contributed by atoms with Crippen LogP contribution in [0.15, 0.2) is 53.0 Å². The SMILES string of the molecule is Cc1cc(C(=O)/C=C/c2ccc(-c3cccc(Cl)c3)o2)n(C)n1. The highest BCUT2D eigenvalue weighted by atomic mass is 35.5. The Bertz CT molecular complexity index is 890. The third kappa shape index (κ3) is 3.43. The minimum absolute atomic E-state index is 0.117. The van der Waals surface area contributed by atoms with E-state index >= 15 is 0 Å². The second-order valence-electron chi connectivity index (χ2n) is 5.20. The molecule has 0 saturated carbocycles. The number of hydrogen-bond acceptors (Lipinski definition) is 3. The van der Waals surface area contributed by atoms with Crippen molar-refractivity contribution in [1.82, 2.24) is 9.78 Å². The Morgan fingerprint density at radius 3 is 2.78 bits per heavy atom. The normalized spacial score (nSPS) is 11.3. The zero-order valence-electron chi connectivity index (χ0n) is 12.8. The summed E-state index contributed by atoms with van der Waals surface area (Å²) in [5.41, 5.74) is 2.25. The number of hydrogen-bond donors (Lipinski definition) is 0. The van der Waals surface area contributed by atoms with E-state index in [0.29, 0.717) is 22.2 Å². The Balaban J connectivity index is 1.79. The van der Waals surface area contributed by atoms with Gasteiger partial charge in [0, 0.05) is 17.6 Å². The Morgan fingerprint density at radius 1 is 1.26 bits per heavy atom. The first-order valence-electron chi connectivity index (χ1n) is 7.12. The first-order chi connectivity index (χ1) is 11.0. The van der Waals surface area contributed by atoms with Crippen molar-refractivity contribution in [3.05, 3.63) is 70.7 Å². The van der Waals surface area contributed by atoms with Crippen LogP contribution in [-0.4, -0.2) is 15.6 Å². The van der Waals surface area contributed by atoms with Gasteiger partial charge in [-0.2, -0.15) is 5.10 Å². The van der Waals surface area contributed by atoms with E-state index in [1.54, 1.807) is 23.9 Å². The quantitative estimate of drug-likeness (QED) is 0.522. The van der Waals surface area contributed by atoms with Crippen LogP contribution in [0.1, 0.15) is 21.9 Å². The molecule has 2 aromatic heterocycles. The second-order valence-corrected chi connectivity index (χ2v) is 5.64. The topological polar surface area (TPSA) is 48.0 Å². The first kappa shape index (κ1) is 15.3. The van der Waals surface area contributed by atoms with Gasteiger partial charge < -0.3 is 4.42 Å². The highest BCUT2D eigenvalue weighted by Crippen LogP contribution is 2.25. The van der Waals surface area contributed by atoms with Crippen molar-refractivity contribution in [1.29, 1.82) is 0 Å². The van der Waals surface area contributed by atoms with Crippen LogP contribution >= 0.6 is 11.6 Å². The van der Waals surface area contributed by atoms with Gasteiger partial charge >= 0.3 is 0 Å². The number of carbonyl (C=O) groups is 1. The summed E-state index contributed by atoms with van der Waals surface area (Å²) in [6, 6.07) is 12.8. The van der Waals surface area contributed by atoms with E-state index in [4.69, 9.17) is 16.0 Å². The van der Waals surface area contributed by atoms with Gasteiger partial charge in [0.05, 0.1) is 5.69 Å². The average molecular weight is 327 g/mol. The summed E-state index contributed by atoms with van der Waals surface area (Å²) in [6.45, 7) is 1.85. The van der Waals surface area contributed by atoms with Crippen molar-refractivity contribution in [2.75, 3.05) is 0 Å². The summed E-state index contributed by atoms with van der Waals surface area (Å²) in [7, 11) is 1.75. The summed E-state index contributed by atoms with van der Waals surface area (Å²) in [5, 5.41) is 4.82. The summed E-state index contributed by atoms with van der Waals surface area (Å²) in [4.78, 5) is 12.2. The van der Waals surface area contributed by atoms with Gasteiger partial charge in [-0.05, 0) is 49.4 Å². The molecule has 5 heteroatoms. The van der Waals surface area contributed by atoms with Crippen molar-refractivity contribution < 1.29 is 9.21 Å². The molecule has 0 saturated heterocycles. The fraction of sp³-hybridized carbons (Fsp3) is 0.111. The maximum Gasteiger partial charge on any atom is 0.203 e. The molecule has 0 aliphatic carbocycles. The lowest BCUT2D eigenvalue weighted by Crippen LogP contribution is -2.03. The molecule has 1 aromatic carbocycles. The first-order valence-corrected chi connectivity index (χ1v) is 7.49. The maximum absolute atomic E-state index is 12.2. The number of allylic oxidation sites excluding steroid dienone is 1. The minimum atomic E-state index is -0.117. The van der Waals surface area contributed by atoms with Crippen molar-refractivity contribution in [2.45, 2.75) is 6.92 Å². The molecule has 0 aliphatic rings. The van der Waals surface area contributed by atoms with Gasteiger partial charge in [0.2, 0.25) is 5.78 Å². The molecule has 3 aromatic rings. The summed E-state index contributed by atoms with van der Waals surface area (Å²) in [5.74, 6) is 1.19. The largest absolute Gasteiger partial charge is 0.457 e. The van der Waals surface area contributed by atoms with E-state index in [1.807, 2.05) is 43.3 Å². The monoisotopic (exact) mass is 326 g/mol. The van der Waals surface area contributed by atoms with Gasteiger partial charge in [-0.15, -0.1) is 0 Å². The Labute approximate surface area is 139 Å². The molecule has 0 N–H and O–H groups in total. The molecule has 23 heavy (non-hydrogen) atoms. The molecule has 2 heterocycles. The van der Waals surface area contributed by atoms with Gasteiger partial charge in [0.25, 0.3) is 0 Å². The molecule has 0 amide bonds. The lowest BCUT2D eigenvalue weighted by atomic mass is 10.2. The zero-order valence-corrected chi connectivity index (χ0v) is 13.5. The Kier molecular flexibility index (Phi) is 4.17. The maximum atomic E-state index is 12.2. The van der Waals surface area contributed by atoms with Crippen LogP contribution in [-0.2, 0) is 7.05 Å². The molecular formula is C18H15ClN2O2. The third-order valence-corrected chi connectivity index (χ3v) is 3.62.